The number of hydrogen-bond acceptors (Lipinski definition) is 6. The van der Waals surface area contributed by atoms with Crippen molar-refractivity contribution in [3.63, 3.8) is 0 Å². The van der Waals surface area contributed by atoms with Crippen molar-refractivity contribution in [1.29, 1.82) is 0 Å². The largest absolute Gasteiger partial charge is 0.497 e. The number of carbonyl (C=O) groups is 2. The topological polar surface area (TPSA) is 105 Å². The van der Waals surface area contributed by atoms with E-state index in [1.165, 1.54) is 17.2 Å². The Morgan fingerprint density at radius 2 is 1.87 bits per heavy atom. The van der Waals surface area contributed by atoms with E-state index < -0.39 is 5.97 Å². The van der Waals surface area contributed by atoms with E-state index in [1.807, 2.05) is 12.1 Å². The molecule has 1 unspecified atom stereocenters. The van der Waals surface area contributed by atoms with Crippen molar-refractivity contribution < 1.29 is 24.2 Å². The number of rotatable bonds is 6. The Labute approximate surface area is 179 Å². The molecule has 9 heteroatoms. The smallest absolute Gasteiger partial charge is 0.337 e. The number of fused-ring (bicyclic) bond motifs is 3. The lowest BCUT2D eigenvalue weighted by Gasteiger charge is -2.35. The second-order valence-electron chi connectivity index (χ2n) is 7.86. The maximum absolute atomic E-state index is 13.5. The van der Waals surface area contributed by atoms with Gasteiger partial charge in [-0.2, -0.15) is 0 Å². The molecule has 0 saturated carbocycles. The fourth-order valence-corrected chi connectivity index (χ4v) is 3.75. The molecule has 0 saturated heterocycles. The summed E-state index contributed by atoms with van der Waals surface area (Å²) in [5.41, 5.74) is 1.71. The molecule has 0 aliphatic carbocycles. The maximum Gasteiger partial charge on any atom is 0.337 e. The second kappa shape index (κ2) is 7.90. The molecule has 2 aliphatic heterocycles. The summed E-state index contributed by atoms with van der Waals surface area (Å²) in [6.45, 7) is 4.77. The van der Waals surface area contributed by atoms with Gasteiger partial charge >= 0.3 is 12.0 Å². The number of amidine groups is 1. The van der Waals surface area contributed by atoms with Crippen LogP contribution in [0.3, 0.4) is 0 Å². The molecule has 0 bridgehead atoms. The highest BCUT2D eigenvalue weighted by atomic mass is 16.5. The third-order valence-electron chi connectivity index (χ3n) is 5.51. The van der Waals surface area contributed by atoms with Crippen molar-refractivity contribution in [2.75, 3.05) is 25.7 Å². The van der Waals surface area contributed by atoms with Crippen LogP contribution in [0.1, 0.15) is 35.5 Å². The fourth-order valence-electron chi connectivity index (χ4n) is 3.75. The van der Waals surface area contributed by atoms with Gasteiger partial charge < -0.3 is 14.6 Å². The summed E-state index contributed by atoms with van der Waals surface area (Å²) in [4.78, 5) is 37.3. The fraction of sp³-hybridized carbons (Fsp3) is 0.364. The zero-order valence-corrected chi connectivity index (χ0v) is 17.8. The summed E-state index contributed by atoms with van der Waals surface area (Å²) in [6.07, 6.45) is 1.30. The number of anilines is 1. The van der Waals surface area contributed by atoms with Gasteiger partial charge in [-0.25, -0.2) is 14.6 Å². The lowest BCUT2D eigenvalue weighted by molar-refractivity contribution is 0.0696. The van der Waals surface area contributed by atoms with Gasteiger partial charge in [0.25, 0.3) is 0 Å². The zero-order chi connectivity index (χ0) is 22.3. The van der Waals surface area contributed by atoms with Gasteiger partial charge in [-0.3, -0.25) is 14.8 Å². The van der Waals surface area contributed by atoms with E-state index in [4.69, 9.17) is 14.5 Å². The number of amides is 2. The number of ether oxygens (including phenoxy) is 2. The number of urea groups is 1. The monoisotopic (exact) mass is 424 g/mol. The first-order valence-corrected chi connectivity index (χ1v) is 9.95. The molecular formula is C22H24N4O5. The van der Waals surface area contributed by atoms with E-state index >= 15 is 0 Å². The molecular weight excluding hydrogens is 400 g/mol. The minimum Gasteiger partial charge on any atom is -0.497 e. The molecule has 0 spiro atoms. The molecule has 0 radical (unpaired) electrons. The van der Waals surface area contributed by atoms with Crippen LogP contribution in [-0.2, 0) is 6.54 Å². The molecule has 162 valence electrons. The number of pyridine rings is 1. The van der Waals surface area contributed by atoms with Gasteiger partial charge in [0.05, 0.1) is 44.6 Å². The van der Waals surface area contributed by atoms with E-state index in [1.54, 1.807) is 25.2 Å². The quantitative estimate of drug-likeness (QED) is 0.764. The van der Waals surface area contributed by atoms with Crippen LogP contribution in [0.25, 0.3) is 0 Å². The average molecular weight is 424 g/mol. The number of carboxylic acids is 1. The molecule has 0 fully saturated rings. The number of aliphatic imine (C=N–C) groups is 1. The van der Waals surface area contributed by atoms with Crippen LogP contribution in [0.4, 0.5) is 10.5 Å². The Bertz CT molecular complexity index is 1060. The number of aromatic carboxylic acids is 1. The molecule has 2 amide bonds. The van der Waals surface area contributed by atoms with Crippen molar-refractivity contribution >= 4 is 23.5 Å². The summed E-state index contributed by atoms with van der Waals surface area (Å²) >= 11 is 0. The molecule has 2 aliphatic rings. The van der Waals surface area contributed by atoms with Gasteiger partial charge in [0.15, 0.2) is 5.84 Å². The van der Waals surface area contributed by atoms with Gasteiger partial charge in [0.1, 0.15) is 17.2 Å². The van der Waals surface area contributed by atoms with Crippen LogP contribution in [0.5, 0.6) is 11.5 Å². The summed E-state index contributed by atoms with van der Waals surface area (Å²) < 4.78 is 10.7. The normalized spacial score (nSPS) is 17.4. The molecule has 1 N–H and O–H groups in total. The highest BCUT2D eigenvalue weighted by Gasteiger charge is 2.42. The summed E-state index contributed by atoms with van der Waals surface area (Å²) in [5, 5.41) is 9.45. The Balaban J connectivity index is 1.80. The average Bonchev–Trinajstić information content (AvgIpc) is 3.22. The van der Waals surface area contributed by atoms with Gasteiger partial charge in [0.2, 0.25) is 0 Å². The number of nitrogens with zero attached hydrogens (tertiary/aromatic N) is 4. The van der Waals surface area contributed by atoms with E-state index in [0.29, 0.717) is 35.3 Å². The minimum absolute atomic E-state index is 0.00669. The molecule has 1 atom stereocenters. The molecule has 9 nitrogen and oxygen atoms in total. The molecule has 2 aromatic rings. The SMILES string of the molecule is COc1cc(CN2C(=O)N3CC(C(C)C)N=C3c3ncc(C(=O)O)cc32)cc(OC)c1. The standard InChI is InChI=1S/C22H24N4O5/c1-12(2)17-11-26-20(24-17)19-18(7-14(9-23-19)21(27)28)25(22(26)29)10-13-5-15(30-3)8-16(6-13)31-4/h5-9,12,17H,10-11H2,1-4H3,(H,27,28). The van der Waals surface area contributed by atoms with Crippen molar-refractivity contribution in [3.8, 4) is 11.5 Å². The number of methoxy groups -OCH3 is 2. The first-order chi connectivity index (χ1) is 14.8. The van der Waals surface area contributed by atoms with Crippen molar-refractivity contribution in [2.45, 2.75) is 26.4 Å². The first kappa shape index (κ1) is 20.6. The predicted octanol–water partition coefficient (Wildman–Crippen LogP) is 3.02. The summed E-state index contributed by atoms with van der Waals surface area (Å²) in [7, 11) is 3.12. The summed E-state index contributed by atoms with van der Waals surface area (Å²) in [6, 6.07) is 6.55. The van der Waals surface area contributed by atoms with E-state index in [2.05, 4.69) is 18.8 Å². The van der Waals surface area contributed by atoms with Crippen LogP contribution in [0.2, 0.25) is 0 Å². The number of benzene rings is 1. The highest BCUT2D eigenvalue weighted by Crippen LogP contribution is 2.35. The molecule has 4 rings (SSSR count). The van der Waals surface area contributed by atoms with E-state index in [9.17, 15) is 14.7 Å². The molecule has 1 aromatic carbocycles. The van der Waals surface area contributed by atoms with Crippen LogP contribution in [-0.4, -0.2) is 59.6 Å². The summed E-state index contributed by atoms with van der Waals surface area (Å²) in [5.74, 6) is 0.833. The Morgan fingerprint density at radius 1 is 1.19 bits per heavy atom. The number of hydrogen-bond donors (Lipinski definition) is 1. The number of aromatic nitrogens is 1. The van der Waals surface area contributed by atoms with E-state index in [-0.39, 0.29) is 30.1 Å². The van der Waals surface area contributed by atoms with Crippen molar-refractivity contribution in [2.24, 2.45) is 10.9 Å². The minimum atomic E-state index is -1.11. The number of carbonyl (C=O) groups excluding carboxylic acids is 1. The predicted molar refractivity (Wildman–Crippen MR) is 114 cm³/mol. The van der Waals surface area contributed by atoms with Gasteiger partial charge in [-0.1, -0.05) is 13.8 Å². The Morgan fingerprint density at radius 3 is 2.45 bits per heavy atom. The maximum atomic E-state index is 13.5. The Hall–Kier alpha value is -3.62. The Kier molecular flexibility index (Phi) is 5.26. The molecule has 1 aromatic heterocycles. The number of carboxylic acid groups (broad SMARTS) is 1. The van der Waals surface area contributed by atoms with Gasteiger partial charge in [-0.05, 0) is 29.7 Å². The van der Waals surface area contributed by atoms with Gasteiger partial charge in [0, 0.05) is 12.3 Å². The third kappa shape index (κ3) is 3.67. The van der Waals surface area contributed by atoms with Crippen LogP contribution in [0.15, 0.2) is 35.5 Å². The van der Waals surface area contributed by atoms with E-state index in [0.717, 1.165) is 5.56 Å². The van der Waals surface area contributed by atoms with Crippen molar-refractivity contribution in [1.82, 2.24) is 9.88 Å². The molecule has 31 heavy (non-hydrogen) atoms. The lowest BCUT2D eigenvalue weighted by atomic mass is 10.1. The molecule has 3 heterocycles. The van der Waals surface area contributed by atoms with Crippen molar-refractivity contribution in [3.05, 3.63) is 47.3 Å². The first-order valence-electron chi connectivity index (χ1n) is 9.95. The lowest BCUT2D eigenvalue weighted by Crippen LogP contribution is -2.50. The third-order valence-corrected chi connectivity index (χ3v) is 5.51. The van der Waals surface area contributed by atoms with Crippen LogP contribution >= 0.6 is 0 Å². The van der Waals surface area contributed by atoms with Crippen LogP contribution < -0.4 is 14.4 Å². The highest BCUT2D eigenvalue weighted by molar-refractivity contribution is 6.19. The zero-order valence-electron chi connectivity index (χ0n) is 17.8. The van der Waals surface area contributed by atoms with Crippen LogP contribution in [0, 0.1) is 5.92 Å². The van der Waals surface area contributed by atoms with Gasteiger partial charge in [-0.15, -0.1) is 0 Å². The second-order valence-corrected chi connectivity index (χ2v) is 7.86.